The van der Waals surface area contributed by atoms with Crippen LogP contribution in [0.4, 0.5) is 20.3 Å². The molecule has 7 nitrogen and oxygen atoms in total. The molecule has 0 fully saturated rings. The Labute approximate surface area is 170 Å². The molecule has 1 aromatic heterocycles. The maximum Gasteiger partial charge on any atom is 0.251 e. The Bertz CT molecular complexity index is 1110. The van der Waals surface area contributed by atoms with E-state index in [9.17, 15) is 18.4 Å². The first kappa shape index (κ1) is 19.7. The Morgan fingerprint density at radius 1 is 1.20 bits per heavy atom. The van der Waals surface area contributed by atoms with Crippen molar-refractivity contribution >= 4 is 23.3 Å². The third-order valence-electron chi connectivity index (χ3n) is 4.72. The van der Waals surface area contributed by atoms with Crippen molar-refractivity contribution in [1.82, 2.24) is 9.78 Å². The molecule has 1 unspecified atom stereocenters. The van der Waals surface area contributed by atoms with E-state index in [-0.39, 0.29) is 24.8 Å². The number of carbonyl (C=O) groups is 2. The number of nitrogens with one attached hydrogen (secondary N) is 2. The lowest BCUT2D eigenvalue weighted by molar-refractivity contribution is -0.123. The zero-order valence-electron chi connectivity index (χ0n) is 16.0. The smallest absolute Gasteiger partial charge is 0.251 e. The molecule has 2 aromatic carbocycles. The molecular weight excluding hydrogens is 394 g/mol. The largest absolute Gasteiger partial charge is 0.378 e. The lowest BCUT2D eigenvalue weighted by atomic mass is 10.1. The van der Waals surface area contributed by atoms with Crippen molar-refractivity contribution in [2.75, 3.05) is 17.7 Å². The molecule has 0 saturated carbocycles. The third kappa shape index (κ3) is 3.79. The van der Waals surface area contributed by atoms with Crippen LogP contribution in [0.25, 0.3) is 11.1 Å². The average Bonchev–Trinajstić information content (AvgIpc) is 3.18. The minimum Gasteiger partial charge on any atom is -0.378 e. The lowest BCUT2D eigenvalue weighted by Crippen LogP contribution is -2.24. The van der Waals surface area contributed by atoms with E-state index in [4.69, 9.17) is 4.74 Å². The molecule has 154 valence electrons. The van der Waals surface area contributed by atoms with Crippen LogP contribution in [0.15, 0.2) is 48.5 Å². The highest BCUT2D eigenvalue weighted by molar-refractivity contribution is 6.04. The zero-order chi connectivity index (χ0) is 21.3. The second kappa shape index (κ2) is 8.03. The van der Waals surface area contributed by atoms with Crippen molar-refractivity contribution in [3.63, 3.8) is 0 Å². The highest BCUT2D eigenvalue weighted by atomic mass is 19.1. The summed E-state index contributed by atoms with van der Waals surface area (Å²) >= 11 is 0. The van der Waals surface area contributed by atoms with Crippen molar-refractivity contribution in [1.29, 1.82) is 0 Å². The first-order chi connectivity index (χ1) is 14.5. The summed E-state index contributed by atoms with van der Waals surface area (Å²) in [7, 11) is 1.52. The molecule has 0 saturated heterocycles. The fraction of sp³-hybridized carbons (Fsp3) is 0.190. The van der Waals surface area contributed by atoms with E-state index in [2.05, 4.69) is 15.7 Å². The topological polar surface area (TPSA) is 85.2 Å². The van der Waals surface area contributed by atoms with Crippen LogP contribution in [0.2, 0.25) is 0 Å². The van der Waals surface area contributed by atoms with Crippen molar-refractivity contribution in [2.45, 2.75) is 19.1 Å². The zero-order valence-corrected chi connectivity index (χ0v) is 16.0. The summed E-state index contributed by atoms with van der Waals surface area (Å²) in [4.78, 5) is 25.0. The molecular formula is C21H18F2N4O3. The van der Waals surface area contributed by atoms with Gasteiger partial charge < -0.3 is 15.4 Å². The standard InChI is InChI=1S/C21H18F2N4O3/c1-30-11-16-19(12-5-7-13(22)8-6-12)20-25-21(29)17(27(20)26-16)10-18(28)24-15-4-2-3-14(23)9-15/h2-9,17H,10-11H2,1H3,(H,24,28)(H,25,29). The number of hydrogen-bond donors (Lipinski definition) is 2. The van der Waals surface area contributed by atoms with Gasteiger partial charge in [-0.05, 0) is 35.9 Å². The van der Waals surface area contributed by atoms with Crippen molar-refractivity contribution in [3.8, 4) is 11.1 Å². The molecule has 30 heavy (non-hydrogen) atoms. The predicted molar refractivity (Wildman–Crippen MR) is 106 cm³/mol. The molecule has 0 radical (unpaired) electrons. The SMILES string of the molecule is COCc1nn2c(c1-c1ccc(F)cc1)NC(=O)C2CC(=O)Nc1cccc(F)c1. The first-order valence-electron chi connectivity index (χ1n) is 9.19. The van der Waals surface area contributed by atoms with Crippen molar-refractivity contribution in [3.05, 3.63) is 65.9 Å². The normalized spacial score (nSPS) is 15.0. The molecule has 1 aliphatic heterocycles. The van der Waals surface area contributed by atoms with Gasteiger partial charge in [0.1, 0.15) is 23.5 Å². The molecule has 2 amide bonds. The van der Waals surface area contributed by atoms with Crippen LogP contribution in [0, 0.1) is 11.6 Å². The van der Waals surface area contributed by atoms with Gasteiger partial charge in [-0.15, -0.1) is 0 Å². The van der Waals surface area contributed by atoms with E-state index in [1.165, 1.54) is 42.1 Å². The van der Waals surface area contributed by atoms with Crippen LogP contribution in [0.1, 0.15) is 18.2 Å². The molecule has 3 aromatic rings. The van der Waals surface area contributed by atoms with Crippen molar-refractivity contribution < 1.29 is 23.1 Å². The summed E-state index contributed by atoms with van der Waals surface area (Å²) in [5.74, 6) is -1.29. The Morgan fingerprint density at radius 3 is 2.67 bits per heavy atom. The van der Waals surface area contributed by atoms with Crippen LogP contribution in [0.5, 0.6) is 0 Å². The number of anilines is 2. The Hall–Kier alpha value is -3.59. The number of ether oxygens (including phenoxy) is 1. The van der Waals surface area contributed by atoms with Gasteiger partial charge in [-0.25, -0.2) is 13.5 Å². The van der Waals surface area contributed by atoms with E-state index in [0.29, 0.717) is 28.3 Å². The number of rotatable bonds is 6. The van der Waals surface area contributed by atoms with E-state index >= 15 is 0 Å². The Balaban J connectivity index is 1.62. The second-order valence-electron chi connectivity index (χ2n) is 6.82. The molecule has 2 N–H and O–H groups in total. The maximum atomic E-state index is 13.3. The van der Waals surface area contributed by atoms with E-state index in [0.717, 1.165) is 0 Å². The molecule has 1 atom stereocenters. The first-order valence-corrected chi connectivity index (χ1v) is 9.19. The van der Waals surface area contributed by atoms with Crippen LogP contribution in [-0.2, 0) is 20.9 Å². The monoisotopic (exact) mass is 412 g/mol. The average molecular weight is 412 g/mol. The van der Waals surface area contributed by atoms with E-state index in [1.807, 2.05) is 0 Å². The number of amides is 2. The Morgan fingerprint density at radius 2 is 1.97 bits per heavy atom. The van der Waals surface area contributed by atoms with E-state index in [1.54, 1.807) is 18.2 Å². The highest BCUT2D eigenvalue weighted by Crippen LogP contribution is 2.39. The van der Waals surface area contributed by atoms with Gasteiger partial charge in [0, 0.05) is 18.4 Å². The van der Waals surface area contributed by atoms with Gasteiger partial charge in [0.15, 0.2) is 0 Å². The summed E-state index contributed by atoms with van der Waals surface area (Å²) in [6.07, 6.45) is -0.188. The number of aromatic nitrogens is 2. The van der Waals surface area contributed by atoms with Gasteiger partial charge in [0.05, 0.1) is 18.7 Å². The third-order valence-corrected chi connectivity index (χ3v) is 4.72. The quantitative estimate of drug-likeness (QED) is 0.649. The van der Waals surface area contributed by atoms with Gasteiger partial charge >= 0.3 is 0 Å². The fourth-order valence-corrected chi connectivity index (χ4v) is 3.43. The number of fused-ring (bicyclic) bond motifs is 1. The van der Waals surface area contributed by atoms with Gasteiger partial charge in [-0.2, -0.15) is 5.10 Å². The number of benzene rings is 2. The molecule has 9 heteroatoms. The summed E-state index contributed by atoms with van der Waals surface area (Å²) < 4.78 is 33.3. The Kier molecular flexibility index (Phi) is 5.28. The predicted octanol–water partition coefficient (Wildman–Crippen LogP) is 3.50. The molecule has 1 aliphatic rings. The molecule has 0 aliphatic carbocycles. The number of methoxy groups -OCH3 is 1. The van der Waals surface area contributed by atoms with Gasteiger partial charge in [-0.3, -0.25) is 9.59 Å². The molecule has 0 spiro atoms. The summed E-state index contributed by atoms with van der Waals surface area (Å²) in [6, 6.07) is 10.4. The van der Waals surface area contributed by atoms with E-state index < -0.39 is 17.8 Å². The van der Waals surface area contributed by atoms with Gasteiger partial charge in [0.2, 0.25) is 5.91 Å². The molecule has 2 heterocycles. The second-order valence-corrected chi connectivity index (χ2v) is 6.82. The summed E-state index contributed by atoms with van der Waals surface area (Å²) in [5, 5.41) is 9.80. The molecule has 4 rings (SSSR count). The van der Waals surface area contributed by atoms with Crippen LogP contribution in [0.3, 0.4) is 0 Å². The minimum absolute atomic E-state index is 0.171. The van der Waals surface area contributed by atoms with Crippen LogP contribution < -0.4 is 10.6 Å². The summed E-state index contributed by atoms with van der Waals surface area (Å²) in [5.41, 5.74) is 2.12. The van der Waals surface area contributed by atoms with Crippen molar-refractivity contribution in [2.24, 2.45) is 0 Å². The lowest BCUT2D eigenvalue weighted by Gasteiger charge is -2.10. The van der Waals surface area contributed by atoms with Gasteiger partial charge in [0.25, 0.3) is 5.91 Å². The minimum atomic E-state index is -0.877. The number of nitrogens with zero attached hydrogens (tertiary/aromatic N) is 2. The van der Waals surface area contributed by atoms with Gasteiger partial charge in [-0.1, -0.05) is 18.2 Å². The maximum absolute atomic E-state index is 13.3. The van der Waals surface area contributed by atoms with Crippen LogP contribution in [-0.4, -0.2) is 28.7 Å². The fourth-order valence-electron chi connectivity index (χ4n) is 3.43. The number of hydrogen-bond acceptors (Lipinski definition) is 4. The molecule has 0 bridgehead atoms. The van der Waals surface area contributed by atoms with Crippen LogP contribution >= 0.6 is 0 Å². The highest BCUT2D eigenvalue weighted by Gasteiger charge is 2.37. The number of carbonyl (C=O) groups excluding carboxylic acids is 2. The summed E-state index contributed by atoms with van der Waals surface area (Å²) in [6.45, 7) is 0.171. The number of halogens is 2.